The fourth-order valence-electron chi connectivity index (χ4n) is 1.80. The molecule has 0 unspecified atom stereocenters. The molecular weight excluding hydrogens is 334 g/mol. The second-order valence-corrected chi connectivity index (χ2v) is 5.02. The maximum Gasteiger partial charge on any atom is 0.361 e. The normalized spacial score (nSPS) is 11.5. The van der Waals surface area contributed by atoms with Crippen molar-refractivity contribution < 1.29 is 19.1 Å². The molecule has 0 aliphatic rings. The summed E-state index contributed by atoms with van der Waals surface area (Å²) in [5, 5.41) is 2.69. The number of carbonyl (C=O) groups excluding carboxylic acids is 2. The standard InChI is InChI=1S/C16H16ClN3O4/c1-3-23-12-7-5-8-18-13(12)16(22)24-10(2)15(21)20-11-6-4-9-19-14(11)17/h4-10H,3H2,1-2H3,(H,20,21)/t10-/m1/s1. The van der Waals surface area contributed by atoms with Gasteiger partial charge in [-0.15, -0.1) is 0 Å². The van der Waals surface area contributed by atoms with Crippen molar-refractivity contribution in [2.45, 2.75) is 20.0 Å². The number of pyridine rings is 2. The van der Waals surface area contributed by atoms with E-state index in [1.165, 1.54) is 19.3 Å². The lowest BCUT2D eigenvalue weighted by molar-refractivity contribution is -0.123. The first kappa shape index (κ1) is 17.7. The Morgan fingerprint density at radius 2 is 1.96 bits per heavy atom. The van der Waals surface area contributed by atoms with E-state index in [1.807, 2.05) is 0 Å². The van der Waals surface area contributed by atoms with Gasteiger partial charge in [0.25, 0.3) is 5.91 Å². The van der Waals surface area contributed by atoms with Crippen molar-refractivity contribution in [3.05, 3.63) is 47.5 Å². The summed E-state index contributed by atoms with van der Waals surface area (Å²) in [4.78, 5) is 32.1. The quantitative estimate of drug-likeness (QED) is 0.637. The highest BCUT2D eigenvalue weighted by Gasteiger charge is 2.23. The predicted octanol–water partition coefficient (Wildman–Crippen LogP) is 2.71. The monoisotopic (exact) mass is 349 g/mol. The van der Waals surface area contributed by atoms with Gasteiger partial charge in [-0.2, -0.15) is 0 Å². The molecule has 2 heterocycles. The van der Waals surface area contributed by atoms with Crippen LogP contribution in [-0.4, -0.2) is 34.6 Å². The number of nitrogens with one attached hydrogen (secondary N) is 1. The van der Waals surface area contributed by atoms with Gasteiger partial charge in [-0.1, -0.05) is 11.6 Å². The SMILES string of the molecule is CCOc1cccnc1C(=O)O[C@H](C)C(=O)Nc1cccnc1Cl. The number of anilines is 1. The fraction of sp³-hybridized carbons (Fsp3) is 0.250. The minimum Gasteiger partial charge on any atom is -0.491 e. The summed E-state index contributed by atoms with van der Waals surface area (Å²) < 4.78 is 10.5. The van der Waals surface area contributed by atoms with E-state index in [2.05, 4.69) is 15.3 Å². The number of rotatable bonds is 6. The Balaban J connectivity index is 2.03. The van der Waals surface area contributed by atoms with E-state index >= 15 is 0 Å². The van der Waals surface area contributed by atoms with E-state index in [9.17, 15) is 9.59 Å². The molecule has 0 saturated carbocycles. The van der Waals surface area contributed by atoms with E-state index < -0.39 is 18.0 Å². The Morgan fingerprint density at radius 1 is 1.25 bits per heavy atom. The van der Waals surface area contributed by atoms with E-state index in [0.717, 1.165) is 0 Å². The molecule has 1 amide bonds. The lowest BCUT2D eigenvalue weighted by atomic mass is 10.3. The molecule has 0 aliphatic carbocycles. The Labute approximate surface area is 144 Å². The van der Waals surface area contributed by atoms with Crippen LogP contribution in [0.15, 0.2) is 36.7 Å². The zero-order chi connectivity index (χ0) is 17.5. The summed E-state index contributed by atoms with van der Waals surface area (Å²) in [6, 6.07) is 6.46. The van der Waals surface area contributed by atoms with Gasteiger partial charge in [-0.3, -0.25) is 4.79 Å². The number of nitrogens with zero attached hydrogens (tertiary/aromatic N) is 2. The van der Waals surface area contributed by atoms with Crippen LogP contribution in [0.5, 0.6) is 5.75 Å². The van der Waals surface area contributed by atoms with Crippen molar-refractivity contribution in [1.29, 1.82) is 0 Å². The average Bonchev–Trinajstić information content (AvgIpc) is 2.57. The highest BCUT2D eigenvalue weighted by atomic mass is 35.5. The van der Waals surface area contributed by atoms with Crippen molar-refractivity contribution in [2.75, 3.05) is 11.9 Å². The highest BCUT2D eigenvalue weighted by Crippen LogP contribution is 2.19. The van der Waals surface area contributed by atoms with E-state index in [0.29, 0.717) is 18.0 Å². The van der Waals surface area contributed by atoms with E-state index in [4.69, 9.17) is 21.1 Å². The van der Waals surface area contributed by atoms with Gasteiger partial charge in [0.15, 0.2) is 22.7 Å². The van der Waals surface area contributed by atoms with Crippen LogP contribution in [0, 0.1) is 0 Å². The molecular formula is C16H16ClN3O4. The van der Waals surface area contributed by atoms with Crippen LogP contribution in [0.2, 0.25) is 5.15 Å². The maximum atomic E-state index is 12.2. The van der Waals surface area contributed by atoms with Crippen LogP contribution in [0.1, 0.15) is 24.3 Å². The van der Waals surface area contributed by atoms with Gasteiger partial charge in [0.2, 0.25) is 0 Å². The Morgan fingerprint density at radius 3 is 2.67 bits per heavy atom. The van der Waals surface area contributed by atoms with Gasteiger partial charge in [-0.25, -0.2) is 14.8 Å². The third kappa shape index (κ3) is 4.42. The largest absolute Gasteiger partial charge is 0.491 e. The summed E-state index contributed by atoms with van der Waals surface area (Å²) in [6.07, 6.45) is 1.89. The number of aromatic nitrogens is 2. The third-order valence-electron chi connectivity index (χ3n) is 2.93. The van der Waals surface area contributed by atoms with Crippen LogP contribution in [0.3, 0.4) is 0 Å². The lowest BCUT2D eigenvalue weighted by Gasteiger charge is -2.14. The van der Waals surface area contributed by atoms with Gasteiger partial charge in [0.1, 0.15) is 0 Å². The molecule has 8 heteroatoms. The smallest absolute Gasteiger partial charge is 0.361 e. The molecule has 126 valence electrons. The molecule has 2 rings (SSSR count). The molecule has 0 radical (unpaired) electrons. The van der Waals surface area contributed by atoms with Crippen LogP contribution in [0.25, 0.3) is 0 Å². The number of hydrogen-bond acceptors (Lipinski definition) is 6. The summed E-state index contributed by atoms with van der Waals surface area (Å²) >= 11 is 5.87. The fourth-order valence-corrected chi connectivity index (χ4v) is 1.97. The number of ether oxygens (including phenoxy) is 2. The Bertz CT molecular complexity index is 739. The van der Waals surface area contributed by atoms with Crippen LogP contribution >= 0.6 is 11.6 Å². The molecule has 0 spiro atoms. The third-order valence-corrected chi connectivity index (χ3v) is 3.24. The van der Waals surface area contributed by atoms with Crippen molar-refractivity contribution in [3.8, 4) is 5.75 Å². The Hall–Kier alpha value is -2.67. The molecule has 0 aromatic carbocycles. The summed E-state index contributed by atoms with van der Waals surface area (Å²) in [5.41, 5.74) is 0.346. The van der Waals surface area contributed by atoms with Crippen molar-refractivity contribution in [1.82, 2.24) is 9.97 Å². The van der Waals surface area contributed by atoms with Gasteiger partial charge in [0.05, 0.1) is 12.3 Å². The second-order valence-electron chi connectivity index (χ2n) is 4.66. The topological polar surface area (TPSA) is 90.4 Å². The molecule has 7 nitrogen and oxygen atoms in total. The Kier molecular flexibility index (Phi) is 6.08. The average molecular weight is 350 g/mol. The van der Waals surface area contributed by atoms with Crippen LogP contribution in [0.4, 0.5) is 5.69 Å². The summed E-state index contributed by atoms with van der Waals surface area (Å²) in [7, 11) is 0. The first-order chi connectivity index (χ1) is 11.5. The van der Waals surface area contributed by atoms with E-state index in [-0.39, 0.29) is 10.8 Å². The molecule has 0 aliphatic heterocycles. The molecule has 0 fully saturated rings. The maximum absolute atomic E-state index is 12.2. The first-order valence-electron chi connectivity index (χ1n) is 7.23. The second kappa shape index (κ2) is 8.26. The van der Waals surface area contributed by atoms with Gasteiger partial charge < -0.3 is 14.8 Å². The first-order valence-corrected chi connectivity index (χ1v) is 7.61. The molecule has 0 bridgehead atoms. The summed E-state index contributed by atoms with van der Waals surface area (Å²) in [5.74, 6) is -0.987. The zero-order valence-electron chi connectivity index (χ0n) is 13.2. The minimum atomic E-state index is -1.05. The van der Waals surface area contributed by atoms with Crippen LogP contribution in [-0.2, 0) is 9.53 Å². The molecule has 1 atom stereocenters. The predicted molar refractivity (Wildman–Crippen MR) is 88.2 cm³/mol. The molecule has 0 saturated heterocycles. The van der Waals surface area contributed by atoms with Gasteiger partial charge in [-0.05, 0) is 38.1 Å². The van der Waals surface area contributed by atoms with Crippen molar-refractivity contribution in [2.24, 2.45) is 0 Å². The number of amides is 1. The van der Waals surface area contributed by atoms with Gasteiger partial charge in [0, 0.05) is 12.4 Å². The highest BCUT2D eigenvalue weighted by molar-refractivity contribution is 6.32. The molecule has 1 N–H and O–H groups in total. The minimum absolute atomic E-state index is 0.0124. The summed E-state index contributed by atoms with van der Waals surface area (Å²) in [6.45, 7) is 3.61. The number of esters is 1. The molecule has 2 aromatic rings. The van der Waals surface area contributed by atoms with Gasteiger partial charge >= 0.3 is 5.97 Å². The van der Waals surface area contributed by atoms with Crippen LogP contribution < -0.4 is 10.1 Å². The zero-order valence-corrected chi connectivity index (χ0v) is 13.9. The number of carbonyl (C=O) groups is 2. The molecule has 24 heavy (non-hydrogen) atoms. The lowest BCUT2D eigenvalue weighted by Crippen LogP contribution is -2.30. The van der Waals surface area contributed by atoms with E-state index in [1.54, 1.807) is 31.2 Å². The van der Waals surface area contributed by atoms with Crippen molar-refractivity contribution in [3.63, 3.8) is 0 Å². The number of halogens is 1. The number of hydrogen-bond donors (Lipinski definition) is 1. The van der Waals surface area contributed by atoms with Crippen molar-refractivity contribution >= 4 is 29.2 Å². The molecule has 2 aromatic heterocycles.